The van der Waals surface area contributed by atoms with Gasteiger partial charge in [-0.05, 0) is 46.9 Å². The fourth-order valence-electron chi connectivity index (χ4n) is 3.05. The van der Waals surface area contributed by atoms with Gasteiger partial charge in [-0.25, -0.2) is 0 Å². The molecular formula is C23H25NO2. The number of fused-ring (bicyclic) bond motifs is 1. The van der Waals surface area contributed by atoms with Gasteiger partial charge in [0.2, 0.25) is 0 Å². The van der Waals surface area contributed by atoms with E-state index in [1.807, 2.05) is 67.6 Å². The molecule has 0 saturated carbocycles. The molecule has 0 aliphatic heterocycles. The number of hydrogen-bond donors (Lipinski definition) is 1. The molecule has 1 amide bonds. The summed E-state index contributed by atoms with van der Waals surface area (Å²) in [5, 5.41) is 5.29. The van der Waals surface area contributed by atoms with Crippen molar-refractivity contribution in [2.24, 2.45) is 0 Å². The highest BCUT2D eigenvalue weighted by Gasteiger charge is 2.20. The molecule has 3 heteroatoms. The third kappa shape index (κ3) is 4.05. The van der Waals surface area contributed by atoms with E-state index in [1.54, 1.807) is 0 Å². The summed E-state index contributed by atoms with van der Waals surface area (Å²) < 4.78 is 5.99. The molecule has 3 aromatic carbocycles. The maximum atomic E-state index is 12.8. The molecule has 1 N–H and O–H groups in total. The maximum absolute atomic E-state index is 12.8. The van der Waals surface area contributed by atoms with Crippen LogP contribution in [0.2, 0.25) is 0 Å². The average molecular weight is 347 g/mol. The van der Waals surface area contributed by atoms with Crippen LogP contribution in [-0.4, -0.2) is 12.0 Å². The van der Waals surface area contributed by atoms with Crippen molar-refractivity contribution in [1.82, 2.24) is 0 Å². The van der Waals surface area contributed by atoms with Crippen molar-refractivity contribution >= 4 is 22.4 Å². The summed E-state index contributed by atoms with van der Waals surface area (Å²) in [7, 11) is 0. The van der Waals surface area contributed by atoms with Gasteiger partial charge in [-0.3, -0.25) is 4.79 Å². The summed E-state index contributed by atoms with van der Waals surface area (Å²) >= 11 is 0. The molecule has 3 rings (SSSR count). The van der Waals surface area contributed by atoms with E-state index in [1.165, 1.54) is 0 Å². The molecule has 0 saturated heterocycles. The van der Waals surface area contributed by atoms with Gasteiger partial charge in [0.1, 0.15) is 5.75 Å². The zero-order valence-corrected chi connectivity index (χ0v) is 15.5. The van der Waals surface area contributed by atoms with E-state index in [2.05, 4.69) is 25.2 Å². The van der Waals surface area contributed by atoms with Gasteiger partial charge in [-0.15, -0.1) is 0 Å². The molecule has 0 radical (unpaired) electrons. The number of hydrogen-bond acceptors (Lipinski definition) is 2. The summed E-state index contributed by atoms with van der Waals surface area (Å²) in [6.07, 6.45) is 0.0686. The largest absolute Gasteiger partial charge is 0.481 e. The number of nitrogens with one attached hydrogen (secondary N) is 1. The standard InChI is InChI=1S/C23H25NO2/c1-4-22(23(25)24-21-12-8-7-11-20(21)16(2)3)26-19-14-13-17-9-5-6-10-18(17)15-19/h5-16,22H,4H2,1-3H3,(H,24,25). The highest BCUT2D eigenvalue weighted by molar-refractivity contribution is 5.95. The SMILES string of the molecule is CCC(Oc1ccc2ccccc2c1)C(=O)Nc1ccccc1C(C)C. The summed E-state index contributed by atoms with van der Waals surface area (Å²) in [5.41, 5.74) is 1.98. The first-order chi connectivity index (χ1) is 12.6. The summed E-state index contributed by atoms with van der Waals surface area (Å²) in [4.78, 5) is 12.8. The molecule has 1 atom stereocenters. The summed E-state index contributed by atoms with van der Waals surface area (Å²) in [6, 6.07) is 21.9. The molecule has 3 nitrogen and oxygen atoms in total. The van der Waals surface area contributed by atoms with Crippen LogP contribution in [0, 0.1) is 0 Å². The minimum atomic E-state index is -0.531. The molecular weight excluding hydrogens is 322 g/mol. The van der Waals surface area contributed by atoms with Crippen LogP contribution < -0.4 is 10.1 Å². The lowest BCUT2D eigenvalue weighted by atomic mass is 10.0. The molecule has 134 valence electrons. The van der Waals surface area contributed by atoms with E-state index >= 15 is 0 Å². The van der Waals surface area contributed by atoms with Crippen LogP contribution in [0.4, 0.5) is 5.69 Å². The molecule has 0 spiro atoms. The quantitative estimate of drug-likeness (QED) is 0.616. The Hall–Kier alpha value is -2.81. The fraction of sp³-hybridized carbons (Fsp3) is 0.261. The van der Waals surface area contributed by atoms with Gasteiger partial charge >= 0.3 is 0 Å². The van der Waals surface area contributed by atoms with Crippen molar-refractivity contribution < 1.29 is 9.53 Å². The molecule has 0 fully saturated rings. The first kappa shape index (κ1) is 18.0. The van der Waals surface area contributed by atoms with Crippen LogP contribution >= 0.6 is 0 Å². The Morgan fingerprint density at radius 3 is 2.38 bits per heavy atom. The second-order valence-electron chi connectivity index (χ2n) is 6.75. The van der Waals surface area contributed by atoms with Crippen LogP contribution in [0.3, 0.4) is 0 Å². The fourth-order valence-corrected chi connectivity index (χ4v) is 3.05. The molecule has 0 aliphatic rings. The predicted molar refractivity (Wildman–Crippen MR) is 108 cm³/mol. The number of para-hydroxylation sites is 1. The van der Waals surface area contributed by atoms with E-state index in [-0.39, 0.29) is 5.91 Å². The molecule has 1 unspecified atom stereocenters. The van der Waals surface area contributed by atoms with Crippen molar-refractivity contribution in [3.8, 4) is 5.75 Å². The Balaban J connectivity index is 1.76. The van der Waals surface area contributed by atoms with E-state index < -0.39 is 6.10 Å². The van der Waals surface area contributed by atoms with Crippen LogP contribution in [0.25, 0.3) is 10.8 Å². The van der Waals surface area contributed by atoms with E-state index in [0.717, 1.165) is 22.0 Å². The summed E-state index contributed by atoms with van der Waals surface area (Å²) in [6.45, 7) is 6.20. The lowest BCUT2D eigenvalue weighted by molar-refractivity contribution is -0.122. The highest BCUT2D eigenvalue weighted by Crippen LogP contribution is 2.25. The first-order valence-electron chi connectivity index (χ1n) is 9.13. The number of ether oxygens (including phenoxy) is 1. The number of carbonyl (C=O) groups excluding carboxylic acids is 1. The minimum absolute atomic E-state index is 0.117. The van der Waals surface area contributed by atoms with Gasteiger partial charge < -0.3 is 10.1 Å². The van der Waals surface area contributed by atoms with E-state index in [9.17, 15) is 4.79 Å². The topological polar surface area (TPSA) is 38.3 Å². The lowest BCUT2D eigenvalue weighted by Gasteiger charge is -2.19. The average Bonchev–Trinajstić information content (AvgIpc) is 2.66. The first-order valence-corrected chi connectivity index (χ1v) is 9.13. The second kappa shape index (κ2) is 8.05. The number of anilines is 1. The molecule has 0 aromatic heterocycles. The maximum Gasteiger partial charge on any atom is 0.265 e. The van der Waals surface area contributed by atoms with E-state index in [4.69, 9.17) is 4.74 Å². The Bertz CT molecular complexity index is 901. The monoisotopic (exact) mass is 347 g/mol. The molecule has 26 heavy (non-hydrogen) atoms. The highest BCUT2D eigenvalue weighted by atomic mass is 16.5. The van der Waals surface area contributed by atoms with Gasteiger partial charge in [-0.2, -0.15) is 0 Å². The zero-order chi connectivity index (χ0) is 18.5. The Morgan fingerprint density at radius 1 is 0.962 bits per heavy atom. The minimum Gasteiger partial charge on any atom is -0.481 e. The number of rotatable bonds is 6. The Kier molecular flexibility index (Phi) is 5.57. The van der Waals surface area contributed by atoms with E-state index in [0.29, 0.717) is 18.1 Å². The summed E-state index contributed by atoms with van der Waals surface area (Å²) in [5.74, 6) is 0.935. The van der Waals surface area contributed by atoms with Crippen LogP contribution in [0.15, 0.2) is 66.7 Å². The third-order valence-electron chi connectivity index (χ3n) is 4.50. The van der Waals surface area contributed by atoms with Gasteiger partial charge in [0.05, 0.1) is 0 Å². The van der Waals surface area contributed by atoms with Gasteiger partial charge in [0.15, 0.2) is 6.10 Å². The number of carbonyl (C=O) groups is 1. The molecule has 0 aliphatic carbocycles. The second-order valence-corrected chi connectivity index (χ2v) is 6.75. The van der Waals surface area contributed by atoms with Crippen LogP contribution in [0.1, 0.15) is 38.7 Å². The van der Waals surface area contributed by atoms with Crippen molar-refractivity contribution in [3.05, 3.63) is 72.3 Å². The van der Waals surface area contributed by atoms with Crippen molar-refractivity contribution in [2.75, 3.05) is 5.32 Å². The van der Waals surface area contributed by atoms with Gasteiger partial charge in [0, 0.05) is 5.69 Å². The smallest absolute Gasteiger partial charge is 0.265 e. The normalized spacial score (nSPS) is 12.2. The Morgan fingerprint density at radius 2 is 1.65 bits per heavy atom. The third-order valence-corrected chi connectivity index (χ3v) is 4.50. The lowest BCUT2D eigenvalue weighted by Crippen LogP contribution is -2.32. The zero-order valence-electron chi connectivity index (χ0n) is 15.5. The molecule has 0 bridgehead atoms. The van der Waals surface area contributed by atoms with Gasteiger partial charge in [-0.1, -0.05) is 69.3 Å². The van der Waals surface area contributed by atoms with Crippen molar-refractivity contribution in [3.63, 3.8) is 0 Å². The number of benzene rings is 3. The predicted octanol–water partition coefficient (Wildman–Crippen LogP) is 5.76. The van der Waals surface area contributed by atoms with Crippen LogP contribution in [0.5, 0.6) is 5.75 Å². The molecule has 3 aromatic rings. The Labute approximate surface area is 155 Å². The van der Waals surface area contributed by atoms with Crippen molar-refractivity contribution in [1.29, 1.82) is 0 Å². The number of amides is 1. The van der Waals surface area contributed by atoms with Crippen molar-refractivity contribution in [2.45, 2.75) is 39.2 Å². The molecule has 0 heterocycles. The van der Waals surface area contributed by atoms with Gasteiger partial charge in [0.25, 0.3) is 5.91 Å². The van der Waals surface area contributed by atoms with Crippen LogP contribution in [-0.2, 0) is 4.79 Å².